The minimum atomic E-state index is -0.0510. The molecule has 0 saturated carbocycles. The quantitative estimate of drug-likeness (QED) is 0.921. The van der Waals surface area contributed by atoms with Crippen molar-refractivity contribution in [3.63, 3.8) is 0 Å². The number of hydrogen-bond donors (Lipinski definition) is 1. The Balaban J connectivity index is 1.64. The van der Waals surface area contributed by atoms with Gasteiger partial charge in [-0.25, -0.2) is 0 Å². The van der Waals surface area contributed by atoms with Crippen LogP contribution < -0.4 is 0 Å². The van der Waals surface area contributed by atoms with E-state index in [4.69, 9.17) is 0 Å². The van der Waals surface area contributed by atoms with Crippen LogP contribution in [0.4, 0.5) is 0 Å². The summed E-state index contributed by atoms with van der Waals surface area (Å²) in [4.78, 5) is 18.1. The first-order valence-electron chi connectivity index (χ1n) is 7.22. The number of pyridine rings is 1. The second-order valence-corrected chi connectivity index (χ2v) is 5.41. The van der Waals surface area contributed by atoms with Crippen molar-refractivity contribution in [3.05, 3.63) is 59.9 Å². The van der Waals surface area contributed by atoms with Crippen LogP contribution in [-0.4, -0.2) is 34.0 Å². The smallest absolute Gasteiger partial charge is 0.255 e. The van der Waals surface area contributed by atoms with E-state index in [0.717, 1.165) is 25.9 Å². The molecule has 1 saturated heterocycles. The van der Waals surface area contributed by atoms with Crippen LogP contribution in [0, 0.1) is 0 Å². The molecule has 1 aromatic heterocycles. The molecule has 21 heavy (non-hydrogen) atoms. The molecule has 0 aliphatic carbocycles. The number of amides is 1. The van der Waals surface area contributed by atoms with E-state index in [9.17, 15) is 9.90 Å². The van der Waals surface area contributed by atoms with Gasteiger partial charge in [-0.3, -0.25) is 9.78 Å². The van der Waals surface area contributed by atoms with Gasteiger partial charge in [-0.05, 0) is 30.4 Å². The fraction of sp³-hybridized carbons (Fsp3) is 0.294. The molecule has 4 heteroatoms. The third kappa shape index (κ3) is 3.05. The van der Waals surface area contributed by atoms with Gasteiger partial charge in [0.1, 0.15) is 5.75 Å². The first kappa shape index (κ1) is 13.6. The van der Waals surface area contributed by atoms with E-state index in [2.05, 4.69) is 29.2 Å². The number of rotatable bonds is 2. The fourth-order valence-electron chi connectivity index (χ4n) is 2.87. The SMILES string of the molecule is O=C(c1cncc(O)c1)N1CCC(c2ccccc2)CC1. The van der Waals surface area contributed by atoms with Crippen molar-refractivity contribution >= 4 is 5.91 Å². The summed E-state index contributed by atoms with van der Waals surface area (Å²) in [6, 6.07) is 11.9. The minimum Gasteiger partial charge on any atom is -0.506 e. The molecular formula is C17H18N2O2. The molecular weight excluding hydrogens is 264 g/mol. The van der Waals surface area contributed by atoms with Gasteiger partial charge in [-0.2, -0.15) is 0 Å². The number of aromatic hydroxyl groups is 1. The largest absolute Gasteiger partial charge is 0.506 e. The highest BCUT2D eigenvalue weighted by Crippen LogP contribution is 2.28. The first-order valence-corrected chi connectivity index (χ1v) is 7.22. The molecule has 108 valence electrons. The topological polar surface area (TPSA) is 53.4 Å². The van der Waals surface area contributed by atoms with Crippen LogP contribution in [-0.2, 0) is 0 Å². The Bertz CT molecular complexity index is 620. The molecule has 1 aromatic carbocycles. The summed E-state index contributed by atoms with van der Waals surface area (Å²) in [6.07, 6.45) is 4.79. The third-order valence-corrected chi connectivity index (χ3v) is 4.02. The van der Waals surface area contributed by atoms with Crippen molar-refractivity contribution in [2.45, 2.75) is 18.8 Å². The second kappa shape index (κ2) is 5.95. The number of carbonyl (C=O) groups excluding carboxylic acids is 1. The van der Waals surface area contributed by atoms with Crippen molar-refractivity contribution in [2.24, 2.45) is 0 Å². The van der Waals surface area contributed by atoms with E-state index in [-0.39, 0.29) is 11.7 Å². The van der Waals surface area contributed by atoms with Crippen LogP contribution in [0.25, 0.3) is 0 Å². The number of piperidine rings is 1. The average molecular weight is 282 g/mol. The van der Waals surface area contributed by atoms with Crippen LogP contribution in [0.3, 0.4) is 0 Å². The average Bonchev–Trinajstić information content (AvgIpc) is 2.55. The summed E-state index contributed by atoms with van der Waals surface area (Å²) in [6.45, 7) is 1.49. The summed E-state index contributed by atoms with van der Waals surface area (Å²) in [5.74, 6) is 0.502. The molecule has 0 bridgehead atoms. The van der Waals surface area contributed by atoms with Crippen molar-refractivity contribution in [1.29, 1.82) is 0 Å². The molecule has 2 aromatic rings. The summed E-state index contributed by atoms with van der Waals surface area (Å²) in [7, 11) is 0. The predicted octanol–water partition coefficient (Wildman–Crippen LogP) is 2.81. The minimum absolute atomic E-state index is 0.0278. The molecule has 0 unspecified atom stereocenters. The van der Waals surface area contributed by atoms with Gasteiger partial charge < -0.3 is 10.0 Å². The number of hydrogen-bond acceptors (Lipinski definition) is 3. The van der Waals surface area contributed by atoms with Crippen molar-refractivity contribution in [1.82, 2.24) is 9.88 Å². The standard InChI is InChI=1S/C17H18N2O2/c20-16-10-15(11-18-12-16)17(21)19-8-6-14(7-9-19)13-4-2-1-3-5-13/h1-5,10-12,14,20H,6-9H2. The molecule has 1 amide bonds. The highest BCUT2D eigenvalue weighted by atomic mass is 16.3. The maximum atomic E-state index is 12.4. The first-order chi connectivity index (χ1) is 10.2. The van der Waals surface area contributed by atoms with Crippen molar-refractivity contribution < 1.29 is 9.90 Å². The molecule has 0 spiro atoms. The van der Waals surface area contributed by atoms with Gasteiger partial charge in [0.25, 0.3) is 5.91 Å². The number of nitrogens with zero attached hydrogens (tertiary/aromatic N) is 2. The van der Waals surface area contributed by atoms with Crippen LogP contribution in [0.2, 0.25) is 0 Å². The Hall–Kier alpha value is -2.36. The van der Waals surface area contributed by atoms with E-state index in [1.165, 1.54) is 24.0 Å². The zero-order valence-electron chi connectivity index (χ0n) is 11.8. The van der Waals surface area contributed by atoms with Crippen molar-refractivity contribution in [3.8, 4) is 5.75 Å². The Morgan fingerprint density at radius 1 is 1.14 bits per heavy atom. The lowest BCUT2D eigenvalue weighted by molar-refractivity contribution is 0.0712. The predicted molar refractivity (Wildman–Crippen MR) is 80.2 cm³/mol. The van der Waals surface area contributed by atoms with E-state index in [1.54, 1.807) is 0 Å². The number of aromatic nitrogens is 1. The molecule has 1 N–H and O–H groups in total. The van der Waals surface area contributed by atoms with Gasteiger partial charge in [-0.15, -0.1) is 0 Å². The van der Waals surface area contributed by atoms with Gasteiger partial charge in [0.2, 0.25) is 0 Å². The molecule has 0 atom stereocenters. The molecule has 1 aliphatic rings. The molecule has 0 radical (unpaired) electrons. The van der Waals surface area contributed by atoms with Gasteiger partial charge in [0, 0.05) is 19.3 Å². The van der Waals surface area contributed by atoms with E-state index in [0.29, 0.717) is 11.5 Å². The normalized spacial score (nSPS) is 15.9. The second-order valence-electron chi connectivity index (χ2n) is 5.41. The summed E-state index contributed by atoms with van der Waals surface area (Å²) in [5.41, 5.74) is 1.80. The van der Waals surface area contributed by atoms with Gasteiger partial charge in [0.15, 0.2) is 0 Å². The van der Waals surface area contributed by atoms with Gasteiger partial charge >= 0.3 is 0 Å². The molecule has 2 heterocycles. The lowest BCUT2D eigenvalue weighted by Crippen LogP contribution is -2.37. The Kier molecular flexibility index (Phi) is 3.86. The van der Waals surface area contributed by atoms with Crippen LogP contribution in [0.15, 0.2) is 48.8 Å². The molecule has 1 aliphatic heterocycles. The Morgan fingerprint density at radius 2 is 1.86 bits per heavy atom. The zero-order chi connectivity index (χ0) is 14.7. The molecule has 4 nitrogen and oxygen atoms in total. The van der Waals surface area contributed by atoms with Crippen LogP contribution >= 0.6 is 0 Å². The van der Waals surface area contributed by atoms with Gasteiger partial charge in [0.05, 0.1) is 11.8 Å². The lowest BCUT2D eigenvalue weighted by atomic mass is 9.89. The zero-order valence-corrected chi connectivity index (χ0v) is 11.8. The number of benzene rings is 1. The Morgan fingerprint density at radius 3 is 2.52 bits per heavy atom. The Labute approximate surface area is 124 Å². The van der Waals surface area contributed by atoms with E-state index < -0.39 is 0 Å². The number of likely N-dealkylation sites (tertiary alicyclic amines) is 1. The van der Waals surface area contributed by atoms with Crippen LogP contribution in [0.1, 0.15) is 34.7 Å². The molecule has 1 fully saturated rings. The third-order valence-electron chi connectivity index (χ3n) is 4.02. The summed E-state index contributed by atoms with van der Waals surface area (Å²) >= 11 is 0. The number of carbonyl (C=O) groups is 1. The maximum absolute atomic E-state index is 12.4. The maximum Gasteiger partial charge on any atom is 0.255 e. The lowest BCUT2D eigenvalue weighted by Gasteiger charge is -2.32. The monoisotopic (exact) mass is 282 g/mol. The highest BCUT2D eigenvalue weighted by molar-refractivity contribution is 5.94. The van der Waals surface area contributed by atoms with Crippen LogP contribution in [0.5, 0.6) is 5.75 Å². The van der Waals surface area contributed by atoms with Crippen molar-refractivity contribution in [2.75, 3.05) is 13.1 Å². The van der Waals surface area contributed by atoms with E-state index >= 15 is 0 Å². The molecule has 3 rings (SSSR count). The van der Waals surface area contributed by atoms with E-state index in [1.807, 2.05) is 11.0 Å². The summed E-state index contributed by atoms with van der Waals surface area (Å²) < 4.78 is 0. The summed E-state index contributed by atoms with van der Waals surface area (Å²) in [5, 5.41) is 9.42. The fourth-order valence-corrected chi connectivity index (χ4v) is 2.87. The van der Waals surface area contributed by atoms with Gasteiger partial charge in [-0.1, -0.05) is 30.3 Å². The highest BCUT2D eigenvalue weighted by Gasteiger charge is 2.24.